The topological polar surface area (TPSA) is 160 Å². The van der Waals surface area contributed by atoms with Gasteiger partial charge in [-0.15, -0.1) is 0 Å². The lowest BCUT2D eigenvalue weighted by Gasteiger charge is -2.12. The number of ether oxygens (including phenoxy) is 2. The largest absolute Gasteiger partial charge is 0.481 e. The number of nitrogens with one attached hydrogen (secondary N) is 2. The molecule has 0 unspecified atom stereocenters. The van der Waals surface area contributed by atoms with E-state index in [9.17, 15) is 14.4 Å². The van der Waals surface area contributed by atoms with Crippen LogP contribution >= 0.6 is 0 Å². The Balaban J connectivity index is 3.59. The van der Waals surface area contributed by atoms with Crippen molar-refractivity contribution >= 4 is 17.8 Å². The third-order valence-corrected chi connectivity index (χ3v) is 2.60. The van der Waals surface area contributed by atoms with Crippen molar-refractivity contribution in [1.29, 1.82) is 0 Å². The van der Waals surface area contributed by atoms with Crippen LogP contribution < -0.4 is 16.4 Å². The first-order valence-corrected chi connectivity index (χ1v) is 7.27. The van der Waals surface area contributed by atoms with Crippen molar-refractivity contribution in [3.05, 3.63) is 0 Å². The van der Waals surface area contributed by atoms with Crippen LogP contribution in [0.5, 0.6) is 0 Å². The molecule has 6 N–H and O–H groups in total. The Kier molecular flexibility index (Phi) is 12.8. The number of hydrogen-bond donors (Lipinski definition) is 5. The summed E-state index contributed by atoms with van der Waals surface area (Å²) in [7, 11) is 0. The molecule has 0 aliphatic carbocycles. The van der Waals surface area contributed by atoms with E-state index in [1.807, 2.05) is 0 Å². The van der Waals surface area contributed by atoms with Crippen LogP contribution in [0.1, 0.15) is 12.8 Å². The Bertz CT molecular complexity index is 365. The molecule has 0 bridgehead atoms. The predicted molar refractivity (Wildman–Crippen MR) is 80.0 cm³/mol. The maximum atomic E-state index is 11.5. The zero-order valence-corrected chi connectivity index (χ0v) is 13.0. The smallest absolute Gasteiger partial charge is 0.326 e. The Hall–Kier alpha value is -1.75. The number of carbonyl (C=O) groups is 3. The Morgan fingerprint density at radius 2 is 1.65 bits per heavy atom. The Morgan fingerprint density at radius 1 is 1.00 bits per heavy atom. The Labute approximate surface area is 134 Å². The van der Waals surface area contributed by atoms with E-state index in [0.29, 0.717) is 46.1 Å². The van der Waals surface area contributed by atoms with E-state index in [4.69, 9.17) is 25.4 Å². The SMILES string of the molecule is NCCOCCOCCNCCC(=O)N[C@@H](CC(=O)O)C(=O)O. The van der Waals surface area contributed by atoms with E-state index in [2.05, 4.69) is 10.6 Å². The molecule has 1 atom stereocenters. The van der Waals surface area contributed by atoms with Crippen molar-refractivity contribution in [3.63, 3.8) is 0 Å². The van der Waals surface area contributed by atoms with E-state index in [0.717, 1.165) is 0 Å². The highest BCUT2D eigenvalue weighted by molar-refractivity contribution is 5.86. The van der Waals surface area contributed by atoms with Gasteiger partial charge < -0.3 is 36.1 Å². The molecule has 0 rings (SSSR count). The predicted octanol–water partition coefficient (Wildman–Crippen LogP) is -2.00. The first-order chi connectivity index (χ1) is 11.0. The molecule has 0 aliphatic heterocycles. The molecule has 0 aromatic carbocycles. The Morgan fingerprint density at radius 3 is 2.22 bits per heavy atom. The van der Waals surface area contributed by atoms with Crippen molar-refractivity contribution in [2.24, 2.45) is 5.73 Å². The fourth-order valence-electron chi connectivity index (χ4n) is 1.52. The quantitative estimate of drug-likeness (QED) is 0.213. The van der Waals surface area contributed by atoms with E-state index in [1.54, 1.807) is 0 Å². The van der Waals surface area contributed by atoms with Gasteiger partial charge in [0.15, 0.2) is 0 Å². The monoisotopic (exact) mass is 335 g/mol. The molecule has 0 aromatic heterocycles. The van der Waals surface area contributed by atoms with Crippen LogP contribution in [-0.4, -0.2) is 80.2 Å². The summed E-state index contributed by atoms with van der Waals surface area (Å²) < 4.78 is 10.4. The molecule has 0 heterocycles. The molecule has 23 heavy (non-hydrogen) atoms. The minimum absolute atomic E-state index is 0.0447. The molecule has 0 spiro atoms. The normalized spacial score (nSPS) is 11.9. The summed E-state index contributed by atoms with van der Waals surface area (Å²) in [5.74, 6) is -3.19. The molecule has 0 saturated heterocycles. The van der Waals surface area contributed by atoms with Gasteiger partial charge in [-0.05, 0) is 0 Å². The van der Waals surface area contributed by atoms with Gasteiger partial charge in [0.25, 0.3) is 0 Å². The lowest BCUT2D eigenvalue weighted by Crippen LogP contribution is -2.43. The molecule has 10 nitrogen and oxygen atoms in total. The number of nitrogens with two attached hydrogens (primary N) is 1. The van der Waals surface area contributed by atoms with Gasteiger partial charge in [0, 0.05) is 26.1 Å². The fourth-order valence-corrected chi connectivity index (χ4v) is 1.52. The van der Waals surface area contributed by atoms with Crippen molar-refractivity contribution < 1.29 is 34.1 Å². The highest BCUT2D eigenvalue weighted by Crippen LogP contribution is 1.94. The van der Waals surface area contributed by atoms with E-state index < -0.39 is 30.3 Å². The maximum absolute atomic E-state index is 11.5. The van der Waals surface area contributed by atoms with Gasteiger partial charge in [0.1, 0.15) is 6.04 Å². The van der Waals surface area contributed by atoms with Gasteiger partial charge in [-0.2, -0.15) is 0 Å². The standard InChI is InChI=1S/C13H25N3O7/c14-2-5-22-7-8-23-6-4-15-3-1-11(17)16-10(13(20)21)9-12(18)19/h10,15H,1-9,14H2,(H,16,17)(H,18,19)(H,20,21)/t10-/m0/s1. The molecule has 0 fully saturated rings. The molecular weight excluding hydrogens is 310 g/mol. The van der Waals surface area contributed by atoms with Crippen molar-refractivity contribution in [2.75, 3.05) is 46.1 Å². The second kappa shape index (κ2) is 13.9. The lowest BCUT2D eigenvalue weighted by atomic mass is 10.2. The van der Waals surface area contributed by atoms with Gasteiger partial charge in [-0.1, -0.05) is 0 Å². The fraction of sp³-hybridized carbons (Fsp3) is 0.769. The van der Waals surface area contributed by atoms with Crippen LogP contribution in [0.2, 0.25) is 0 Å². The summed E-state index contributed by atoms with van der Waals surface area (Å²) in [6, 6.07) is -1.42. The second-order valence-corrected chi connectivity index (χ2v) is 4.57. The summed E-state index contributed by atoms with van der Waals surface area (Å²) in [4.78, 5) is 32.8. The van der Waals surface area contributed by atoms with Gasteiger partial charge in [0.2, 0.25) is 5.91 Å². The molecule has 0 aliphatic rings. The zero-order valence-electron chi connectivity index (χ0n) is 13.0. The van der Waals surface area contributed by atoms with Crippen molar-refractivity contribution in [2.45, 2.75) is 18.9 Å². The third kappa shape index (κ3) is 13.6. The maximum Gasteiger partial charge on any atom is 0.326 e. The number of carboxylic acids is 2. The van der Waals surface area contributed by atoms with Crippen LogP contribution in [0.15, 0.2) is 0 Å². The van der Waals surface area contributed by atoms with Crippen LogP contribution in [0.4, 0.5) is 0 Å². The highest BCUT2D eigenvalue weighted by atomic mass is 16.5. The van der Waals surface area contributed by atoms with Gasteiger partial charge >= 0.3 is 11.9 Å². The van der Waals surface area contributed by atoms with E-state index in [1.165, 1.54) is 0 Å². The number of aliphatic carboxylic acids is 2. The zero-order chi connectivity index (χ0) is 17.5. The first kappa shape index (κ1) is 21.2. The van der Waals surface area contributed by atoms with Gasteiger partial charge in [0.05, 0.1) is 32.8 Å². The number of carboxylic acid groups (broad SMARTS) is 2. The van der Waals surface area contributed by atoms with Gasteiger partial charge in [-0.3, -0.25) is 9.59 Å². The van der Waals surface area contributed by atoms with Crippen LogP contribution in [-0.2, 0) is 23.9 Å². The summed E-state index contributed by atoms with van der Waals surface area (Å²) in [5, 5.41) is 22.5. The summed E-state index contributed by atoms with van der Waals surface area (Å²) in [6.07, 6.45) is -0.614. The minimum Gasteiger partial charge on any atom is -0.481 e. The molecule has 1 amide bonds. The number of rotatable bonds is 15. The van der Waals surface area contributed by atoms with Crippen LogP contribution in [0.25, 0.3) is 0 Å². The van der Waals surface area contributed by atoms with Gasteiger partial charge in [-0.25, -0.2) is 4.79 Å². The number of amides is 1. The minimum atomic E-state index is -1.42. The molecule has 134 valence electrons. The molecular formula is C13H25N3O7. The number of carbonyl (C=O) groups excluding carboxylic acids is 1. The summed E-state index contributed by atoms with van der Waals surface area (Å²) in [6.45, 7) is 3.20. The third-order valence-electron chi connectivity index (χ3n) is 2.60. The van der Waals surface area contributed by atoms with Crippen molar-refractivity contribution in [1.82, 2.24) is 10.6 Å². The lowest BCUT2D eigenvalue weighted by molar-refractivity contribution is -0.147. The van der Waals surface area contributed by atoms with Crippen molar-refractivity contribution in [3.8, 4) is 0 Å². The van der Waals surface area contributed by atoms with E-state index in [-0.39, 0.29) is 6.42 Å². The molecule has 0 aromatic rings. The molecule has 0 radical (unpaired) electrons. The average molecular weight is 335 g/mol. The number of hydrogen-bond acceptors (Lipinski definition) is 7. The molecule has 10 heteroatoms. The average Bonchev–Trinajstić information content (AvgIpc) is 2.48. The summed E-state index contributed by atoms with van der Waals surface area (Å²) in [5.41, 5.74) is 5.25. The summed E-state index contributed by atoms with van der Waals surface area (Å²) >= 11 is 0. The highest BCUT2D eigenvalue weighted by Gasteiger charge is 2.22. The molecule has 0 saturated carbocycles. The second-order valence-electron chi connectivity index (χ2n) is 4.57. The first-order valence-electron chi connectivity index (χ1n) is 7.27. The van der Waals surface area contributed by atoms with Crippen LogP contribution in [0.3, 0.4) is 0 Å². The van der Waals surface area contributed by atoms with E-state index >= 15 is 0 Å². The van der Waals surface area contributed by atoms with Crippen LogP contribution in [0, 0.1) is 0 Å².